The number of nitrogens with zero attached hydrogens (tertiary/aromatic N) is 2. The minimum absolute atomic E-state index is 0.720. The van der Waals surface area contributed by atoms with Gasteiger partial charge in [-0.25, -0.2) is 4.98 Å². The summed E-state index contributed by atoms with van der Waals surface area (Å²) in [6.45, 7) is 4.50. The van der Waals surface area contributed by atoms with Crippen LogP contribution in [0, 0.1) is 0 Å². The first-order valence-corrected chi connectivity index (χ1v) is 8.55. The Morgan fingerprint density at radius 2 is 1.60 bits per heavy atom. The summed E-state index contributed by atoms with van der Waals surface area (Å²) in [6.07, 6.45) is 3.68. The fourth-order valence-corrected chi connectivity index (χ4v) is 3.32. The Morgan fingerprint density at radius 3 is 2.32 bits per heavy atom. The number of allylic oxidation sites excluding steroid dienone is 1. The Labute approximate surface area is 152 Å². The van der Waals surface area contributed by atoms with E-state index in [0.717, 1.165) is 33.7 Å². The van der Waals surface area contributed by atoms with Crippen molar-refractivity contribution >= 4 is 22.6 Å². The number of benzene rings is 3. The normalized spacial score (nSPS) is 10.9. The molecule has 0 saturated heterocycles. The van der Waals surface area contributed by atoms with Gasteiger partial charge in [-0.1, -0.05) is 72.3 Å². The molecular formula is C22H17ClN2. The van der Waals surface area contributed by atoms with E-state index in [1.807, 2.05) is 41.2 Å². The van der Waals surface area contributed by atoms with Crippen LogP contribution >= 0.6 is 11.6 Å². The summed E-state index contributed by atoms with van der Waals surface area (Å²) < 4.78 is 2.04. The van der Waals surface area contributed by atoms with Crippen LogP contribution in [-0.4, -0.2) is 9.55 Å². The summed E-state index contributed by atoms with van der Waals surface area (Å²) in [5.74, 6) is 0. The molecule has 2 nitrogen and oxygen atoms in total. The summed E-state index contributed by atoms with van der Waals surface area (Å²) in [7, 11) is 0. The molecule has 122 valence electrons. The van der Waals surface area contributed by atoms with Crippen LogP contribution in [0.4, 0.5) is 0 Å². The third-order valence-corrected chi connectivity index (χ3v) is 4.65. The molecule has 0 atom stereocenters. The second-order valence-electron chi connectivity index (χ2n) is 5.95. The maximum atomic E-state index is 6.56. The molecule has 3 aromatic carbocycles. The van der Waals surface area contributed by atoms with Gasteiger partial charge >= 0.3 is 0 Å². The largest absolute Gasteiger partial charge is 0.327 e. The second-order valence-corrected chi connectivity index (χ2v) is 6.36. The number of halogens is 1. The van der Waals surface area contributed by atoms with E-state index in [1.54, 1.807) is 0 Å². The molecule has 0 fully saturated rings. The lowest BCUT2D eigenvalue weighted by Gasteiger charge is -2.08. The van der Waals surface area contributed by atoms with Crippen LogP contribution in [0.25, 0.3) is 33.3 Å². The molecule has 4 aromatic rings. The third kappa shape index (κ3) is 2.97. The van der Waals surface area contributed by atoms with Crippen molar-refractivity contribution in [1.29, 1.82) is 0 Å². The molecule has 0 unspecified atom stereocenters. The first-order chi connectivity index (χ1) is 12.3. The third-order valence-electron chi connectivity index (χ3n) is 4.34. The number of imidazole rings is 1. The number of aromatic nitrogens is 2. The quantitative estimate of drug-likeness (QED) is 0.402. The molecule has 0 bridgehead atoms. The lowest BCUT2D eigenvalue weighted by Crippen LogP contribution is -1.92. The number of hydrogen-bond donors (Lipinski definition) is 0. The van der Waals surface area contributed by atoms with Gasteiger partial charge in [0, 0.05) is 12.1 Å². The Kier molecular flexibility index (Phi) is 4.12. The standard InChI is InChI=1S/C22H17ClN2/c1-2-12-25-15-24-21-13-19(20(23)14-22(21)25)18-10-8-17(9-11-18)16-6-4-3-5-7-16/h2-11,13-15H,1,12H2. The van der Waals surface area contributed by atoms with Crippen molar-refractivity contribution in [2.24, 2.45) is 0 Å². The lowest BCUT2D eigenvalue weighted by atomic mass is 10.00. The van der Waals surface area contributed by atoms with Crippen LogP contribution in [0.2, 0.25) is 5.02 Å². The average Bonchev–Trinajstić information content (AvgIpc) is 3.04. The van der Waals surface area contributed by atoms with E-state index in [2.05, 4.69) is 54.0 Å². The zero-order chi connectivity index (χ0) is 17.2. The maximum Gasteiger partial charge on any atom is 0.0961 e. The highest BCUT2D eigenvalue weighted by molar-refractivity contribution is 6.34. The van der Waals surface area contributed by atoms with Gasteiger partial charge in [0.25, 0.3) is 0 Å². The summed E-state index contributed by atoms with van der Waals surface area (Å²) in [6, 6.07) is 22.8. The van der Waals surface area contributed by atoms with E-state index < -0.39 is 0 Å². The van der Waals surface area contributed by atoms with Gasteiger partial charge in [-0.3, -0.25) is 0 Å². The zero-order valence-corrected chi connectivity index (χ0v) is 14.4. The molecule has 0 N–H and O–H groups in total. The molecule has 0 spiro atoms. The van der Waals surface area contributed by atoms with Crippen molar-refractivity contribution in [2.45, 2.75) is 6.54 Å². The van der Waals surface area contributed by atoms with Gasteiger partial charge in [-0.15, -0.1) is 6.58 Å². The van der Waals surface area contributed by atoms with Crippen LogP contribution in [0.15, 0.2) is 85.7 Å². The Bertz CT molecular complexity index is 1030. The van der Waals surface area contributed by atoms with Crippen molar-refractivity contribution in [1.82, 2.24) is 9.55 Å². The minimum atomic E-state index is 0.720. The minimum Gasteiger partial charge on any atom is -0.327 e. The van der Waals surface area contributed by atoms with E-state index in [1.165, 1.54) is 11.1 Å². The van der Waals surface area contributed by atoms with Crippen molar-refractivity contribution < 1.29 is 0 Å². The summed E-state index contributed by atoms with van der Waals surface area (Å²) in [5, 5.41) is 0.728. The highest BCUT2D eigenvalue weighted by atomic mass is 35.5. The fraction of sp³-hybridized carbons (Fsp3) is 0.0455. The smallest absolute Gasteiger partial charge is 0.0961 e. The summed E-state index contributed by atoms with van der Waals surface area (Å²) >= 11 is 6.56. The second kappa shape index (κ2) is 6.58. The Morgan fingerprint density at radius 1 is 0.920 bits per heavy atom. The predicted molar refractivity (Wildman–Crippen MR) is 106 cm³/mol. The molecule has 0 radical (unpaired) electrons. The van der Waals surface area contributed by atoms with E-state index in [-0.39, 0.29) is 0 Å². The highest BCUT2D eigenvalue weighted by Crippen LogP contribution is 2.33. The Hall–Kier alpha value is -2.84. The van der Waals surface area contributed by atoms with E-state index in [9.17, 15) is 0 Å². The SMILES string of the molecule is C=CCn1cnc2cc(-c3ccc(-c4ccccc4)cc3)c(Cl)cc21. The van der Waals surface area contributed by atoms with Crippen molar-refractivity contribution in [3.05, 3.63) is 90.7 Å². The van der Waals surface area contributed by atoms with Gasteiger partial charge in [0.05, 0.1) is 22.4 Å². The van der Waals surface area contributed by atoms with Crippen molar-refractivity contribution in [2.75, 3.05) is 0 Å². The van der Waals surface area contributed by atoms with E-state index in [0.29, 0.717) is 0 Å². The first-order valence-electron chi connectivity index (χ1n) is 8.17. The van der Waals surface area contributed by atoms with E-state index >= 15 is 0 Å². The average molecular weight is 345 g/mol. The van der Waals surface area contributed by atoms with Crippen LogP contribution < -0.4 is 0 Å². The van der Waals surface area contributed by atoms with Gasteiger partial charge < -0.3 is 4.57 Å². The van der Waals surface area contributed by atoms with Crippen LogP contribution in [0.5, 0.6) is 0 Å². The van der Waals surface area contributed by atoms with Gasteiger partial charge in [-0.05, 0) is 28.8 Å². The monoisotopic (exact) mass is 344 g/mol. The van der Waals surface area contributed by atoms with Crippen LogP contribution in [0.1, 0.15) is 0 Å². The van der Waals surface area contributed by atoms with Crippen LogP contribution in [0.3, 0.4) is 0 Å². The number of fused-ring (bicyclic) bond motifs is 1. The van der Waals surface area contributed by atoms with Gasteiger partial charge in [0.2, 0.25) is 0 Å². The highest BCUT2D eigenvalue weighted by Gasteiger charge is 2.10. The number of rotatable bonds is 4. The first kappa shape index (κ1) is 15.7. The number of hydrogen-bond acceptors (Lipinski definition) is 1. The molecule has 0 amide bonds. The molecule has 0 saturated carbocycles. The maximum absolute atomic E-state index is 6.56. The van der Waals surface area contributed by atoms with E-state index in [4.69, 9.17) is 11.6 Å². The van der Waals surface area contributed by atoms with Gasteiger partial charge in [-0.2, -0.15) is 0 Å². The topological polar surface area (TPSA) is 17.8 Å². The summed E-state index contributed by atoms with van der Waals surface area (Å²) in [4.78, 5) is 4.49. The molecule has 0 aliphatic carbocycles. The Balaban J connectivity index is 1.74. The van der Waals surface area contributed by atoms with Crippen molar-refractivity contribution in [3.8, 4) is 22.3 Å². The molecule has 25 heavy (non-hydrogen) atoms. The fourth-order valence-electron chi connectivity index (χ4n) is 3.06. The summed E-state index contributed by atoms with van der Waals surface area (Å²) in [5.41, 5.74) is 6.45. The molecule has 0 aliphatic heterocycles. The van der Waals surface area contributed by atoms with Gasteiger partial charge in [0.1, 0.15) is 0 Å². The lowest BCUT2D eigenvalue weighted by molar-refractivity contribution is 0.851. The van der Waals surface area contributed by atoms with Crippen LogP contribution in [-0.2, 0) is 6.54 Å². The zero-order valence-electron chi connectivity index (χ0n) is 13.7. The molecule has 4 rings (SSSR count). The molecule has 1 heterocycles. The molecular weight excluding hydrogens is 328 g/mol. The predicted octanol–water partition coefficient (Wildman–Crippen LogP) is 6.21. The van der Waals surface area contributed by atoms with Gasteiger partial charge in [0.15, 0.2) is 0 Å². The molecule has 0 aliphatic rings. The molecule has 1 aromatic heterocycles. The molecule has 3 heteroatoms. The van der Waals surface area contributed by atoms with Crippen molar-refractivity contribution in [3.63, 3.8) is 0 Å².